The minimum atomic E-state index is -4.49. The summed E-state index contributed by atoms with van der Waals surface area (Å²) in [5, 5.41) is 3.46. The second-order valence-corrected chi connectivity index (χ2v) is 11.4. The van der Waals surface area contributed by atoms with Crippen molar-refractivity contribution in [3.05, 3.63) is 76.4 Å². The number of carbonyl (C=O) groups is 2. The number of amides is 2. The van der Waals surface area contributed by atoms with Gasteiger partial charge in [-0.2, -0.15) is 13.2 Å². The number of carbonyl (C=O) groups excluding carboxylic acids is 2. The van der Waals surface area contributed by atoms with Crippen LogP contribution in [0.2, 0.25) is 5.02 Å². The van der Waals surface area contributed by atoms with Gasteiger partial charge in [-0.15, -0.1) is 0 Å². The van der Waals surface area contributed by atoms with Crippen molar-refractivity contribution in [2.24, 2.45) is 0 Å². The fourth-order valence-corrected chi connectivity index (χ4v) is 6.05. The van der Waals surface area contributed by atoms with E-state index in [2.05, 4.69) is 10.3 Å². The Bertz CT molecular complexity index is 1500. The second kappa shape index (κ2) is 12.0. The topological polar surface area (TPSA) is 78.0 Å². The Labute approximate surface area is 252 Å². The number of aromatic nitrogens is 1. The zero-order valence-corrected chi connectivity index (χ0v) is 24.1. The standard InChI is InChI=1S/C31H31ClF3N5O3/c32-24-7-8-25(31(33,34)35)23(16-24)19-40-10-9-36-28-26(40)17-22(18-37-28)20-3-5-21(6-4-20)29(41)38-11-13-39(14-12-38)30(42)27-2-1-15-43-27/h3-8,16-18,27H,1-2,9-15,19H2,(H,36,37). The van der Waals surface area contributed by atoms with E-state index in [4.69, 9.17) is 16.3 Å². The summed E-state index contributed by atoms with van der Waals surface area (Å²) in [6.07, 6.45) is -1.50. The van der Waals surface area contributed by atoms with Crippen LogP contribution < -0.4 is 10.2 Å². The SMILES string of the molecule is O=C(c1ccc(-c2cnc3c(c2)N(Cc2cc(Cl)ccc2C(F)(F)F)CCN3)cc1)N1CCN(C(=O)C2CCCO2)CC1. The summed E-state index contributed by atoms with van der Waals surface area (Å²) < 4.78 is 46.6. The maximum atomic E-state index is 13.7. The largest absolute Gasteiger partial charge is 0.416 e. The first kappa shape index (κ1) is 29.3. The van der Waals surface area contributed by atoms with Crippen LogP contribution in [0.1, 0.15) is 34.3 Å². The molecule has 1 N–H and O–H groups in total. The molecule has 2 aromatic carbocycles. The van der Waals surface area contributed by atoms with Gasteiger partial charge in [-0.25, -0.2) is 4.98 Å². The molecule has 4 heterocycles. The molecule has 0 spiro atoms. The molecule has 2 saturated heterocycles. The average Bonchev–Trinajstić information content (AvgIpc) is 3.55. The number of rotatable bonds is 5. The van der Waals surface area contributed by atoms with Crippen LogP contribution in [-0.4, -0.2) is 78.6 Å². The third-order valence-electron chi connectivity index (χ3n) is 8.17. The van der Waals surface area contributed by atoms with E-state index in [1.54, 1.807) is 28.1 Å². The van der Waals surface area contributed by atoms with Crippen LogP contribution in [0.4, 0.5) is 24.7 Å². The first-order valence-electron chi connectivity index (χ1n) is 14.3. The zero-order chi connectivity index (χ0) is 30.1. The Hall–Kier alpha value is -3.83. The minimum absolute atomic E-state index is 0.00901. The number of pyridine rings is 1. The van der Waals surface area contributed by atoms with Crippen LogP contribution in [0.25, 0.3) is 11.1 Å². The monoisotopic (exact) mass is 613 g/mol. The summed E-state index contributed by atoms with van der Waals surface area (Å²) in [5.41, 5.74) is 2.21. The Morgan fingerprint density at radius 3 is 2.42 bits per heavy atom. The van der Waals surface area contributed by atoms with Gasteiger partial charge in [-0.05, 0) is 60.4 Å². The van der Waals surface area contributed by atoms with Crippen molar-refractivity contribution in [3.8, 4) is 11.1 Å². The molecule has 0 saturated carbocycles. The molecule has 1 unspecified atom stereocenters. The Morgan fingerprint density at radius 1 is 0.977 bits per heavy atom. The summed E-state index contributed by atoms with van der Waals surface area (Å²) in [6.45, 7) is 3.54. The van der Waals surface area contributed by atoms with Gasteiger partial charge in [0.1, 0.15) is 11.9 Å². The molecule has 12 heteroatoms. The number of ether oxygens (including phenoxy) is 1. The number of piperazine rings is 1. The molecule has 2 amide bonds. The Kier molecular flexibility index (Phi) is 8.19. The van der Waals surface area contributed by atoms with Gasteiger partial charge in [0, 0.05) is 74.8 Å². The predicted molar refractivity (Wildman–Crippen MR) is 157 cm³/mol. The molecule has 3 aromatic rings. The maximum Gasteiger partial charge on any atom is 0.416 e. The molecule has 0 bridgehead atoms. The molecular weight excluding hydrogens is 583 g/mol. The summed E-state index contributed by atoms with van der Waals surface area (Å²) in [4.78, 5) is 35.8. The molecule has 0 aliphatic carbocycles. The fraction of sp³-hybridized carbons (Fsp3) is 0.387. The van der Waals surface area contributed by atoms with E-state index in [9.17, 15) is 22.8 Å². The van der Waals surface area contributed by atoms with Crippen LogP contribution >= 0.6 is 11.6 Å². The van der Waals surface area contributed by atoms with Crippen molar-refractivity contribution in [2.75, 3.05) is 56.1 Å². The lowest BCUT2D eigenvalue weighted by Crippen LogP contribution is -2.52. The van der Waals surface area contributed by atoms with E-state index in [1.807, 2.05) is 23.1 Å². The number of anilines is 2. The van der Waals surface area contributed by atoms with Crippen LogP contribution in [0, 0.1) is 0 Å². The number of hydrogen-bond donors (Lipinski definition) is 1. The van der Waals surface area contributed by atoms with Crippen molar-refractivity contribution < 1.29 is 27.5 Å². The molecule has 3 aliphatic heterocycles. The summed E-state index contributed by atoms with van der Waals surface area (Å²) in [6, 6.07) is 12.7. The average molecular weight is 614 g/mol. The molecule has 0 radical (unpaired) electrons. The van der Waals surface area contributed by atoms with Crippen molar-refractivity contribution in [3.63, 3.8) is 0 Å². The molecule has 8 nitrogen and oxygen atoms in total. The van der Waals surface area contributed by atoms with E-state index >= 15 is 0 Å². The second-order valence-electron chi connectivity index (χ2n) is 10.9. The minimum Gasteiger partial charge on any atom is -0.368 e. The van der Waals surface area contributed by atoms with Crippen molar-refractivity contribution in [1.82, 2.24) is 14.8 Å². The Morgan fingerprint density at radius 2 is 1.72 bits per heavy atom. The summed E-state index contributed by atoms with van der Waals surface area (Å²) in [5.74, 6) is 0.501. The number of nitrogens with zero attached hydrogens (tertiary/aromatic N) is 4. The molecule has 6 rings (SSSR count). The molecule has 1 aromatic heterocycles. The van der Waals surface area contributed by atoms with E-state index in [0.717, 1.165) is 30.0 Å². The summed E-state index contributed by atoms with van der Waals surface area (Å²) >= 11 is 6.06. The smallest absolute Gasteiger partial charge is 0.368 e. The van der Waals surface area contributed by atoms with Gasteiger partial charge in [-0.3, -0.25) is 9.59 Å². The molecule has 226 valence electrons. The molecule has 3 aliphatic rings. The fourth-order valence-electron chi connectivity index (χ4n) is 5.85. The van der Waals surface area contributed by atoms with E-state index < -0.39 is 11.7 Å². The van der Waals surface area contributed by atoms with E-state index in [-0.39, 0.29) is 35.0 Å². The number of alkyl halides is 3. The summed E-state index contributed by atoms with van der Waals surface area (Å²) in [7, 11) is 0. The van der Waals surface area contributed by atoms with Crippen molar-refractivity contribution in [1.29, 1.82) is 0 Å². The van der Waals surface area contributed by atoms with E-state index in [0.29, 0.717) is 62.9 Å². The highest BCUT2D eigenvalue weighted by molar-refractivity contribution is 6.30. The lowest BCUT2D eigenvalue weighted by molar-refractivity contribution is -0.142. The van der Waals surface area contributed by atoms with Crippen molar-refractivity contribution >= 4 is 34.9 Å². The molecule has 1 atom stereocenters. The number of halogens is 4. The number of fused-ring (bicyclic) bond motifs is 1. The highest BCUT2D eigenvalue weighted by Crippen LogP contribution is 2.37. The Balaban J connectivity index is 1.15. The third-order valence-corrected chi connectivity index (χ3v) is 8.40. The highest BCUT2D eigenvalue weighted by atomic mass is 35.5. The van der Waals surface area contributed by atoms with Gasteiger partial charge in [0.15, 0.2) is 0 Å². The predicted octanol–water partition coefficient (Wildman–Crippen LogP) is 5.32. The molecule has 43 heavy (non-hydrogen) atoms. The number of benzene rings is 2. The zero-order valence-electron chi connectivity index (χ0n) is 23.4. The van der Waals surface area contributed by atoms with Crippen LogP contribution in [0.3, 0.4) is 0 Å². The van der Waals surface area contributed by atoms with Crippen molar-refractivity contribution in [2.45, 2.75) is 31.7 Å². The van der Waals surface area contributed by atoms with Crippen LogP contribution in [-0.2, 0) is 22.3 Å². The van der Waals surface area contributed by atoms with Gasteiger partial charge in [-0.1, -0.05) is 23.7 Å². The number of nitrogens with one attached hydrogen (secondary N) is 1. The quantitative estimate of drug-likeness (QED) is 0.420. The molecular formula is C31H31ClF3N5O3. The van der Waals surface area contributed by atoms with Crippen LogP contribution in [0.5, 0.6) is 0 Å². The van der Waals surface area contributed by atoms with Gasteiger partial charge in [0.2, 0.25) is 0 Å². The first-order valence-corrected chi connectivity index (χ1v) is 14.7. The number of hydrogen-bond acceptors (Lipinski definition) is 6. The van der Waals surface area contributed by atoms with E-state index in [1.165, 1.54) is 12.1 Å². The lowest BCUT2D eigenvalue weighted by atomic mass is 10.0. The normalized spacial score (nSPS) is 18.8. The van der Waals surface area contributed by atoms with Gasteiger partial charge >= 0.3 is 6.18 Å². The van der Waals surface area contributed by atoms with Crippen LogP contribution in [0.15, 0.2) is 54.7 Å². The van der Waals surface area contributed by atoms with Gasteiger partial charge in [0.05, 0.1) is 11.3 Å². The third kappa shape index (κ3) is 6.28. The lowest BCUT2D eigenvalue weighted by Gasteiger charge is -2.35. The highest BCUT2D eigenvalue weighted by Gasteiger charge is 2.34. The first-order chi connectivity index (χ1) is 20.7. The molecule has 2 fully saturated rings. The van der Waals surface area contributed by atoms with Gasteiger partial charge < -0.3 is 24.8 Å². The maximum absolute atomic E-state index is 13.7. The van der Waals surface area contributed by atoms with Gasteiger partial charge in [0.25, 0.3) is 11.8 Å².